The van der Waals surface area contributed by atoms with Crippen LogP contribution in [0.15, 0.2) is 33.5 Å². The van der Waals surface area contributed by atoms with Gasteiger partial charge in [-0.25, -0.2) is 4.79 Å². The van der Waals surface area contributed by atoms with Crippen LogP contribution in [0.5, 0.6) is 0 Å². The van der Waals surface area contributed by atoms with Gasteiger partial charge in [-0.2, -0.15) is 0 Å². The fourth-order valence-electron chi connectivity index (χ4n) is 2.03. The molecule has 0 fully saturated rings. The van der Waals surface area contributed by atoms with Crippen molar-refractivity contribution in [1.82, 2.24) is 4.98 Å². The van der Waals surface area contributed by atoms with E-state index in [0.717, 1.165) is 10.4 Å². The van der Waals surface area contributed by atoms with Gasteiger partial charge in [-0.3, -0.25) is 4.98 Å². The molecule has 0 aliphatic rings. The molecule has 1 unspecified atom stereocenters. The monoisotopic (exact) mass is 275 g/mol. The number of nitrogens with one attached hydrogen (secondary N) is 1. The van der Waals surface area contributed by atoms with Crippen LogP contribution in [-0.2, 0) is 0 Å². The van der Waals surface area contributed by atoms with Crippen LogP contribution in [0, 0.1) is 13.8 Å². The molecular weight excluding hydrogens is 262 g/mol. The maximum absolute atomic E-state index is 11.1. The zero-order valence-corrected chi connectivity index (χ0v) is 11.4. The third kappa shape index (κ3) is 2.11. The van der Waals surface area contributed by atoms with Crippen LogP contribution in [0.25, 0.3) is 11.1 Å². The first kappa shape index (κ1) is 12.2. The Balaban J connectivity index is 2.05. The molecule has 3 aromatic rings. The molecular formula is C14H13NO3S. The molecule has 3 rings (SSSR count). The number of fused-ring (bicyclic) bond motifs is 1. The van der Waals surface area contributed by atoms with Gasteiger partial charge < -0.3 is 9.52 Å². The molecule has 0 bridgehead atoms. The first-order valence-corrected chi connectivity index (χ1v) is 6.74. The second kappa shape index (κ2) is 4.36. The number of oxazole rings is 1. The molecule has 2 heterocycles. The lowest BCUT2D eigenvalue weighted by Gasteiger charge is -2.08. The lowest BCUT2D eigenvalue weighted by Crippen LogP contribution is -1.96. The van der Waals surface area contributed by atoms with Crippen LogP contribution in [0.1, 0.15) is 27.0 Å². The van der Waals surface area contributed by atoms with E-state index in [0.29, 0.717) is 11.1 Å². The summed E-state index contributed by atoms with van der Waals surface area (Å²) in [5.41, 5.74) is 3.00. The topological polar surface area (TPSA) is 66.2 Å². The van der Waals surface area contributed by atoms with E-state index in [4.69, 9.17) is 4.42 Å². The fourth-order valence-corrected chi connectivity index (χ4v) is 3.09. The third-order valence-electron chi connectivity index (χ3n) is 3.22. The van der Waals surface area contributed by atoms with Crippen molar-refractivity contribution in [3.05, 3.63) is 55.7 Å². The zero-order chi connectivity index (χ0) is 13.6. The van der Waals surface area contributed by atoms with Gasteiger partial charge in [0.1, 0.15) is 6.10 Å². The Labute approximate surface area is 113 Å². The molecule has 0 saturated heterocycles. The second-order valence-corrected chi connectivity index (χ2v) is 5.85. The highest BCUT2D eigenvalue weighted by Gasteiger charge is 2.15. The van der Waals surface area contributed by atoms with E-state index in [1.807, 2.05) is 19.9 Å². The van der Waals surface area contributed by atoms with E-state index in [-0.39, 0.29) is 0 Å². The zero-order valence-electron chi connectivity index (χ0n) is 10.6. The van der Waals surface area contributed by atoms with Crippen molar-refractivity contribution < 1.29 is 9.52 Å². The van der Waals surface area contributed by atoms with Crippen LogP contribution in [-0.4, -0.2) is 10.1 Å². The summed E-state index contributed by atoms with van der Waals surface area (Å²) in [6.07, 6.45) is -0.693. The minimum absolute atomic E-state index is 0.464. The van der Waals surface area contributed by atoms with Crippen LogP contribution in [0.2, 0.25) is 0 Å². The number of rotatable bonds is 2. The molecule has 4 nitrogen and oxygen atoms in total. The Morgan fingerprint density at radius 3 is 2.79 bits per heavy atom. The van der Waals surface area contributed by atoms with Crippen molar-refractivity contribution in [2.24, 2.45) is 0 Å². The quantitative estimate of drug-likeness (QED) is 0.755. The van der Waals surface area contributed by atoms with E-state index in [1.54, 1.807) is 29.5 Å². The van der Waals surface area contributed by atoms with Gasteiger partial charge in [-0.15, -0.1) is 11.3 Å². The predicted molar refractivity (Wildman–Crippen MR) is 74.7 cm³/mol. The standard InChI is InChI=1S/C14H13NO3S/c1-7-5-12(19-8(7)2)13(16)9-3-4-10-11(6-9)18-14(17)15-10/h3-6,13,16H,1-2H3,(H,15,17). The molecule has 98 valence electrons. The minimum Gasteiger partial charge on any atom is -0.408 e. The van der Waals surface area contributed by atoms with Crippen molar-refractivity contribution in [3.63, 3.8) is 0 Å². The first-order valence-electron chi connectivity index (χ1n) is 5.92. The highest BCUT2D eigenvalue weighted by Crippen LogP contribution is 2.31. The van der Waals surface area contributed by atoms with E-state index in [1.165, 1.54) is 10.4 Å². The predicted octanol–water partition coefficient (Wildman–Crippen LogP) is 2.88. The number of thiophene rings is 1. The summed E-state index contributed by atoms with van der Waals surface area (Å²) in [6, 6.07) is 7.22. The minimum atomic E-state index is -0.693. The van der Waals surface area contributed by atoms with Gasteiger partial charge >= 0.3 is 5.76 Å². The molecule has 0 aliphatic heterocycles. The maximum Gasteiger partial charge on any atom is 0.417 e. The molecule has 0 spiro atoms. The van der Waals surface area contributed by atoms with Crippen LogP contribution in [0.3, 0.4) is 0 Å². The van der Waals surface area contributed by atoms with Crippen molar-refractivity contribution in [2.75, 3.05) is 0 Å². The molecule has 0 saturated carbocycles. The summed E-state index contributed by atoms with van der Waals surface area (Å²) in [7, 11) is 0. The smallest absolute Gasteiger partial charge is 0.408 e. The molecule has 19 heavy (non-hydrogen) atoms. The molecule has 0 radical (unpaired) electrons. The van der Waals surface area contributed by atoms with Gasteiger partial charge in [0, 0.05) is 9.75 Å². The Bertz CT molecular complexity index is 777. The molecule has 0 amide bonds. The summed E-state index contributed by atoms with van der Waals surface area (Å²) in [4.78, 5) is 15.8. The Hall–Kier alpha value is -1.85. The molecule has 1 atom stereocenters. The summed E-state index contributed by atoms with van der Waals surface area (Å²) >= 11 is 1.58. The van der Waals surface area contributed by atoms with Gasteiger partial charge in [0.2, 0.25) is 0 Å². The van der Waals surface area contributed by atoms with Gasteiger partial charge in [-0.1, -0.05) is 6.07 Å². The van der Waals surface area contributed by atoms with Crippen LogP contribution >= 0.6 is 11.3 Å². The maximum atomic E-state index is 11.1. The molecule has 0 aliphatic carbocycles. The molecule has 2 N–H and O–H groups in total. The average molecular weight is 275 g/mol. The first-order chi connectivity index (χ1) is 9.04. The van der Waals surface area contributed by atoms with Crippen molar-refractivity contribution in [3.8, 4) is 0 Å². The number of H-pyrrole nitrogens is 1. The Kier molecular flexibility index (Phi) is 2.80. The number of aromatic nitrogens is 1. The number of aliphatic hydroxyl groups is 1. The Morgan fingerprint density at radius 1 is 1.32 bits per heavy atom. The fraction of sp³-hybridized carbons (Fsp3) is 0.214. The van der Waals surface area contributed by atoms with E-state index >= 15 is 0 Å². The number of aryl methyl sites for hydroxylation is 2. The Morgan fingerprint density at radius 2 is 2.11 bits per heavy atom. The van der Waals surface area contributed by atoms with Gasteiger partial charge in [0.05, 0.1) is 5.52 Å². The second-order valence-electron chi connectivity index (χ2n) is 4.56. The SMILES string of the molecule is Cc1cc(C(O)c2ccc3[nH]c(=O)oc3c2)sc1C. The van der Waals surface area contributed by atoms with Crippen molar-refractivity contribution in [2.45, 2.75) is 20.0 Å². The summed E-state index contributed by atoms with van der Waals surface area (Å²) in [5, 5.41) is 10.4. The highest BCUT2D eigenvalue weighted by atomic mass is 32.1. The van der Waals surface area contributed by atoms with Gasteiger partial charge in [0.15, 0.2) is 5.58 Å². The number of benzene rings is 1. The van der Waals surface area contributed by atoms with E-state index in [2.05, 4.69) is 4.98 Å². The number of hydrogen-bond acceptors (Lipinski definition) is 4. The largest absolute Gasteiger partial charge is 0.417 e. The number of aliphatic hydroxyl groups excluding tert-OH is 1. The van der Waals surface area contributed by atoms with E-state index in [9.17, 15) is 9.90 Å². The third-order valence-corrected chi connectivity index (χ3v) is 4.42. The van der Waals surface area contributed by atoms with Crippen molar-refractivity contribution >= 4 is 22.4 Å². The molecule has 1 aromatic carbocycles. The molecule has 2 aromatic heterocycles. The normalized spacial score (nSPS) is 13.0. The van der Waals surface area contributed by atoms with Crippen LogP contribution in [0.4, 0.5) is 0 Å². The van der Waals surface area contributed by atoms with Gasteiger partial charge in [-0.05, 0) is 43.2 Å². The summed E-state index contributed by atoms with van der Waals surface area (Å²) in [6.45, 7) is 4.06. The highest BCUT2D eigenvalue weighted by molar-refractivity contribution is 7.12. The number of hydrogen-bond donors (Lipinski definition) is 2. The van der Waals surface area contributed by atoms with Crippen molar-refractivity contribution in [1.29, 1.82) is 0 Å². The average Bonchev–Trinajstić information content (AvgIpc) is 2.90. The molecule has 5 heteroatoms. The summed E-state index contributed by atoms with van der Waals surface area (Å²) < 4.78 is 5.00. The number of aromatic amines is 1. The lowest BCUT2D eigenvalue weighted by molar-refractivity contribution is 0.224. The summed E-state index contributed by atoms with van der Waals surface area (Å²) in [5.74, 6) is -0.482. The lowest BCUT2D eigenvalue weighted by atomic mass is 10.1. The van der Waals surface area contributed by atoms with Crippen LogP contribution < -0.4 is 5.76 Å². The van der Waals surface area contributed by atoms with Gasteiger partial charge in [0.25, 0.3) is 0 Å². The van der Waals surface area contributed by atoms with E-state index < -0.39 is 11.9 Å².